The van der Waals surface area contributed by atoms with E-state index in [9.17, 15) is 0 Å². The fourth-order valence-corrected chi connectivity index (χ4v) is 5.42. The Hall–Kier alpha value is -2.21. The van der Waals surface area contributed by atoms with Crippen molar-refractivity contribution >= 4 is 30.1 Å². The van der Waals surface area contributed by atoms with Gasteiger partial charge in [-0.3, -0.25) is 0 Å². The van der Waals surface area contributed by atoms with Crippen molar-refractivity contribution in [1.82, 2.24) is 14.7 Å². The molecule has 1 aromatic heterocycles. The second-order valence-electron chi connectivity index (χ2n) is 5.88. The Morgan fingerprint density at radius 1 is 1.28 bits per heavy atom. The second-order valence-corrected chi connectivity index (χ2v) is 8.91. The number of nitrogens with zero attached hydrogens (tertiary/aromatic N) is 3. The predicted octanol–water partition coefficient (Wildman–Crippen LogP) is 4.83. The minimum Gasteiger partial charge on any atom is -0.355 e. The first-order valence-corrected chi connectivity index (χ1v) is 10.3. The summed E-state index contributed by atoms with van der Waals surface area (Å²) in [6, 6.07) is 12.7. The Morgan fingerprint density at radius 2 is 2.08 bits per heavy atom. The molecule has 0 spiro atoms. The number of halogens is 1. The van der Waals surface area contributed by atoms with Crippen LogP contribution in [0.5, 0.6) is 0 Å². The molecule has 0 radical (unpaired) electrons. The summed E-state index contributed by atoms with van der Waals surface area (Å²) in [5.41, 5.74) is 2.41. The molecular weight excluding hydrogens is 421 g/mol. The van der Waals surface area contributed by atoms with Crippen LogP contribution in [-0.4, -0.2) is 25.2 Å². The molecule has 3 nitrogen and oxygen atoms in total. The number of hydrogen-bond donors (Lipinski definition) is 0. The number of fused-ring (bicyclic) bond motifs is 1. The molecule has 2 aromatic rings. The van der Waals surface area contributed by atoms with Gasteiger partial charge in [-0.15, -0.1) is 0 Å². The highest BCUT2D eigenvalue weighted by Crippen LogP contribution is 2.28. The van der Waals surface area contributed by atoms with Gasteiger partial charge in [-0.25, -0.2) is 4.68 Å². The van der Waals surface area contributed by atoms with Crippen molar-refractivity contribution in [3.8, 4) is 0 Å². The molecule has 0 bridgehead atoms. The van der Waals surface area contributed by atoms with Crippen molar-refractivity contribution < 1.29 is 0 Å². The molecule has 0 saturated carbocycles. The maximum Gasteiger partial charge on any atom is 0.132 e. The third kappa shape index (κ3) is 4.45. The van der Waals surface area contributed by atoms with Crippen LogP contribution < -0.4 is 0 Å². The molecule has 0 aliphatic carbocycles. The first-order chi connectivity index (χ1) is 12.2. The van der Waals surface area contributed by atoms with E-state index in [0.29, 0.717) is 0 Å². The quantitative estimate of drug-likeness (QED) is 0.452. The first-order valence-electron chi connectivity index (χ1n) is 8.16. The Bertz CT molecular complexity index is 856. The maximum absolute atomic E-state index is 4.54. The lowest BCUT2D eigenvalue weighted by molar-refractivity contribution is 0.440. The molecule has 1 aliphatic heterocycles. The molecule has 3 rings (SSSR count). The van der Waals surface area contributed by atoms with Gasteiger partial charge < -0.3 is 4.90 Å². The average Bonchev–Trinajstić information content (AvgIpc) is 3.08. The van der Waals surface area contributed by atoms with Crippen molar-refractivity contribution in [2.75, 3.05) is 7.05 Å². The summed E-state index contributed by atoms with van der Waals surface area (Å²) in [4.78, 5) is 2.26. The lowest BCUT2D eigenvalue weighted by Crippen LogP contribution is -2.24. The van der Waals surface area contributed by atoms with Gasteiger partial charge in [-0.2, -0.15) is 5.10 Å². The first kappa shape index (κ1) is 17.6. The van der Waals surface area contributed by atoms with Crippen LogP contribution in [0.15, 0.2) is 85.6 Å². The van der Waals surface area contributed by atoms with E-state index in [1.807, 2.05) is 24.4 Å². The Morgan fingerprint density at radius 3 is 2.84 bits per heavy atom. The van der Waals surface area contributed by atoms with E-state index in [0.717, 1.165) is 24.4 Å². The molecule has 0 fully saturated rings. The van der Waals surface area contributed by atoms with E-state index >= 15 is 0 Å². The smallest absolute Gasteiger partial charge is 0.132 e. The van der Waals surface area contributed by atoms with E-state index in [4.69, 9.17) is 0 Å². The lowest BCUT2D eigenvalue weighted by Gasteiger charge is -2.26. The summed E-state index contributed by atoms with van der Waals surface area (Å²) in [6.07, 6.45) is 10.9. The van der Waals surface area contributed by atoms with Crippen LogP contribution in [0.2, 0.25) is 0 Å². The standard InChI is InChI=1S/C21H22IN3/c1-4-5-9-17(2)14-19-15-21(25-20(22-19)12-13-23-25)24(3)16-18-10-7-6-8-11-18/h4-13,15H,1-2,14,16H2,3H3/b9-5-. The van der Waals surface area contributed by atoms with Gasteiger partial charge in [0.1, 0.15) is 9.52 Å². The van der Waals surface area contributed by atoms with E-state index < -0.39 is 0 Å². The molecule has 0 atom stereocenters. The Labute approximate surface area is 159 Å². The van der Waals surface area contributed by atoms with Crippen molar-refractivity contribution in [3.05, 3.63) is 94.9 Å². The third-order valence-electron chi connectivity index (χ3n) is 3.84. The van der Waals surface area contributed by atoms with Crippen LogP contribution in [0, 0.1) is 3.70 Å². The highest BCUT2D eigenvalue weighted by molar-refractivity contribution is 14.2. The normalized spacial score (nSPS) is 13.5. The summed E-state index contributed by atoms with van der Waals surface area (Å²) in [5.74, 6) is 1.13. The average molecular weight is 443 g/mol. The second kappa shape index (κ2) is 8.25. The van der Waals surface area contributed by atoms with Crippen molar-refractivity contribution in [3.63, 3.8) is 0 Å². The van der Waals surface area contributed by atoms with Crippen LogP contribution >= 0.6 is 20.7 Å². The van der Waals surface area contributed by atoms with Crippen molar-refractivity contribution in [2.24, 2.45) is 0 Å². The third-order valence-corrected chi connectivity index (χ3v) is 6.59. The molecule has 0 unspecified atom stereocenters. The molecular formula is C21H22IN3. The minimum atomic E-state index is -0.202. The zero-order chi connectivity index (χ0) is 17.6. The number of rotatable bonds is 7. The molecule has 2 heterocycles. The molecule has 1 aliphatic rings. The molecule has 1 aromatic carbocycles. The topological polar surface area (TPSA) is 21.1 Å². The SMILES string of the molecule is C=C/C=C\C(=C)CC1=Ic2ccnn2C(N(C)Cc2ccccc2)=C1. The monoisotopic (exact) mass is 443 g/mol. The molecule has 0 saturated heterocycles. The summed E-state index contributed by atoms with van der Waals surface area (Å²) in [7, 11) is 2.12. The lowest BCUT2D eigenvalue weighted by atomic mass is 10.1. The predicted molar refractivity (Wildman–Crippen MR) is 115 cm³/mol. The van der Waals surface area contributed by atoms with Crippen LogP contribution in [0.1, 0.15) is 12.0 Å². The van der Waals surface area contributed by atoms with Crippen LogP contribution in [0.25, 0.3) is 5.82 Å². The van der Waals surface area contributed by atoms with E-state index in [1.165, 1.54) is 12.8 Å². The maximum atomic E-state index is 4.54. The van der Waals surface area contributed by atoms with E-state index in [-0.39, 0.29) is 20.7 Å². The van der Waals surface area contributed by atoms with Gasteiger partial charge >= 0.3 is 0 Å². The zero-order valence-electron chi connectivity index (χ0n) is 14.4. The van der Waals surface area contributed by atoms with Gasteiger partial charge in [0.2, 0.25) is 0 Å². The molecule has 0 amide bonds. The van der Waals surface area contributed by atoms with Crippen molar-refractivity contribution in [1.29, 1.82) is 0 Å². The number of aromatic nitrogens is 2. The summed E-state index contributed by atoms with van der Waals surface area (Å²) in [6.45, 7) is 8.74. The van der Waals surface area contributed by atoms with Gasteiger partial charge in [0, 0.05) is 20.0 Å². The molecule has 4 heteroatoms. The summed E-state index contributed by atoms with van der Waals surface area (Å²) in [5, 5.41) is 4.54. The minimum absolute atomic E-state index is 0.202. The van der Waals surface area contributed by atoms with Crippen molar-refractivity contribution in [2.45, 2.75) is 13.0 Å². The Kier molecular flexibility index (Phi) is 5.81. The van der Waals surface area contributed by atoms with Gasteiger partial charge in [0.25, 0.3) is 0 Å². The van der Waals surface area contributed by atoms with Crippen LogP contribution in [-0.2, 0) is 6.54 Å². The number of allylic oxidation sites excluding steroid dienone is 5. The fourth-order valence-electron chi connectivity index (χ4n) is 2.65. The largest absolute Gasteiger partial charge is 0.355 e. The molecule has 128 valence electrons. The van der Waals surface area contributed by atoms with Gasteiger partial charge in [0.15, 0.2) is 0 Å². The van der Waals surface area contributed by atoms with Gasteiger partial charge in [-0.05, 0) is 21.2 Å². The summed E-state index contributed by atoms with van der Waals surface area (Å²) < 4.78 is 4.87. The Balaban J connectivity index is 1.84. The van der Waals surface area contributed by atoms with E-state index in [1.54, 1.807) is 6.08 Å². The molecule has 0 N–H and O–H groups in total. The zero-order valence-corrected chi connectivity index (χ0v) is 16.6. The van der Waals surface area contributed by atoms with E-state index in [2.05, 4.69) is 71.3 Å². The van der Waals surface area contributed by atoms with Gasteiger partial charge in [-0.1, -0.05) is 88.0 Å². The van der Waals surface area contributed by atoms with Gasteiger partial charge in [0.05, 0.1) is 6.20 Å². The number of hydrogen-bond acceptors (Lipinski definition) is 2. The highest BCUT2D eigenvalue weighted by atomic mass is 127. The van der Waals surface area contributed by atoms with Crippen LogP contribution in [0.4, 0.5) is 0 Å². The number of benzene rings is 1. The molecule has 25 heavy (non-hydrogen) atoms. The summed E-state index contributed by atoms with van der Waals surface area (Å²) >= 11 is -0.202. The highest BCUT2D eigenvalue weighted by Gasteiger charge is 2.17. The van der Waals surface area contributed by atoms with Crippen LogP contribution in [0.3, 0.4) is 0 Å². The fraction of sp³-hybridized carbons (Fsp3) is 0.143.